The van der Waals surface area contributed by atoms with Crippen LogP contribution in [-0.2, 0) is 16.2 Å². The summed E-state index contributed by atoms with van der Waals surface area (Å²) in [6.07, 6.45) is 1.32. The van der Waals surface area contributed by atoms with Crippen molar-refractivity contribution in [3.8, 4) is 5.69 Å². The van der Waals surface area contributed by atoms with Crippen LogP contribution in [0.4, 0.5) is 13.2 Å². The Balaban J connectivity index is 2.14. The Labute approximate surface area is 160 Å². The predicted molar refractivity (Wildman–Crippen MR) is 96.3 cm³/mol. The molecule has 152 valence electrons. The number of allylic oxidation sites excluding steroid dienone is 2. The van der Waals surface area contributed by atoms with Crippen LogP contribution in [0.5, 0.6) is 0 Å². The number of alkyl halides is 3. The number of benzene rings is 1. The quantitative estimate of drug-likeness (QED) is 0.748. The molecule has 2 unspecified atom stereocenters. The van der Waals surface area contributed by atoms with Gasteiger partial charge in [-0.3, -0.25) is 0 Å². The maximum Gasteiger partial charge on any atom is 0.435 e. The highest BCUT2D eigenvalue weighted by Crippen LogP contribution is 2.38. The normalized spacial score (nSPS) is 19.0. The van der Waals surface area contributed by atoms with Gasteiger partial charge in [-0.1, -0.05) is 12.2 Å². The molecule has 6 nitrogen and oxygen atoms in total. The molecule has 0 bridgehead atoms. The topological polar surface area (TPSA) is 98.2 Å². The first kappa shape index (κ1) is 20.6. The van der Waals surface area contributed by atoms with Crippen molar-refractivity contribution in [1.82, 2.24) is 9.78 Å². The molecule has 0 radical (unpaired) electrons. The molecule has 1 aromatic heterocycles. The van der Waals surface area contributed by atoms with Crippen molar-refractivity contribution < 1.29 is 26.7 Å². The van der Waals surface area contributed by atoms with Crippen molar-refractivity contribution in [3.63, 3.8) is 0 Å². The van der Waals surface area contributed by atoms with Crippen LogP contribution in [0.15, 0.2) is 41.4 Å². The van der Waals surface area contributed by atoms with Crippen LogP contribution in [-0.4, -0.2) is 23.3 Å². The third kappa shape index (κ3) is 4.13. The molecule has 0 fully saturated rings. The van der Waals surface area contributed by atoms with Gasteiger partial charge < -0.3 is 5.11 Å². The molecule has 1 aromatic carbocycles. The summed E-state index contributed by atoms with van der Waals surface area (Å²) in [5, 5.41) is 18.8. The molecule has 1 aliphatic rings. The number of aliphatic hydroxyl groups excluding tert-OH is 1. The first-order valence-electron chi connectivity index (χ1n) is 8.67. The lowest BCUT2D eigenvalue weighted by Gasteiger charge is -2.16. The first-order valence-corrected chi connectivity index (χ1v) is 10.2. The Hall–Kier alpha value is -2.17. The zero-order valence-electron chi connectivity index (χ0n) is 15.0. The number of rotatable bonds is 4. The van der Waals surface area contributed by atoms with Crippen LogP contribution < -0.4 is 5.14 Å². The number of halogens is 3. The molecule has 28 heavy (non-hydrogen) atoms. The van der Waals surface area contributed by atoms with E-state index in [9.17, 15) is 26.7 Å². The monoisotopic (exact) mass is 415 g/mol. The van der Waals surface area contributed by atoms with Gasteiger partial charge in [-0.15, -0.1) is 0 Å². The summed E-state index contributed by atoms with van der Waals surface area (Å²) >= 11 is 0. The Kier molecular flexibility index (Phi) is 5.39. The highest BCUT2D eigenvalue weighted by Gasteiger charge is 2.39. The highest BCUT2D eigenvalue weighted by atomic mass is 32.2. The number of aliphatic hydroxyl groups is 1. The van der Waals surface area contributed by atoms with Crippen molar-refractivity contribution >= 4 is 10.0 Å². The fourth-order valence-corrected chi connectivity index (χ4v) is 4.16. The molecular formula is C18H20F3N3O3S. The van der Waals surface area contributed by atoms with Crippen LogP contribution in [0.3, 0.4) is 0 Å². The van der Waals surface area contributed by atoms with E-state index in [0.29, 0.717) is 6.42 Å². The molecule has 3 N–H and O–H groups in total. The standard InChI is InChI=1S/C18H20F3N3O3S/c1-11(25)14-9-13(7-8-16(14)28(22,26)27)24-10-15(12-5-3-2-4-6-12)17(23-24)18(19,20)21/h3,5,7-12,25H,2,4,6H2,1H3,(H2,22,26,27). The minimum Gasteiger partial charge on any atom is -0.389 e. The van der Waals surface area contributed by atoms with Crippen molar-refractivity contribution in [2.75, 3.05) is 0 Å². The number of primary sulfonamides is 1. The minimum absolute atomic E-state index is 0.0110. The van der Waals surface area contributed by atoms with Crippen LogP contribution in [0.1, 0.15) is 55.0 Å². The second-order valence-electron chi connectivity index (χ2n) is 6.78. The van der Waals surface area contributed by atoms with Crippen LogP contribution in [0.2, 0.25) is 0 Å². The van der Waals surface area contributed by atoms with Crippen molar-refractivity contribution in [1.29, 1.82) is 0 Å². The molecule has 0 spiro atoms. The van der Waals surface area contributed by atoms with E-state index in [1.54, 1.807) is 6.08 Å². The van der Waals surface area contributed by atoms with Crippen LogP contribution in [0.25, 0.3) is 5.69 Å². The number of nitrogens with zero attached hydrogens (tertiary/aromatic N) is 2. The molecule has 2 aromatic rings. The van der Waals surface area contributed by atoms with E-state index < -0.39 is 28.0 Å². The molecule has 2 atom stereocenters. The van der Waals surface area contributed by atoms with Gasteiger partial charge in [-0.05, 0) is 44.4 Å². The number of aromatic nitrogens is 2. The first-order chi connectivity index (χ1) is 13.0. The fourth-order valence-electron chi connectivity index (χ4n) is 3.35. The maximum atomic E-state index is 13.5. The van der Waals surface area contributed by atoms with E-state index in [0.717, 1.165) is 23.6 Å². The zero-order chi connectivity index (χ0) is 20.7. The largest absolute Gasteiger partial charge is 0.435 e. The SMILES string of the molecule is CC(O)c1cc(-n2cc(C3C=CCCC3)c(C(F)(F)F)n2)ccc1S(N)(=O)=O. The summed E-state index contributed by atoms with van der Waals surface area (Å²) in [5.41, 5.74) is -0.723. The lowest BCUT2D eigenvalue weighted by molar-refractivity contribution is -0.142. The molecule has 0 saturated carbocycles. The molecule has 10 heteroatoms. The van der Waals surface area contributed by atoms with Gasteiger partial charge in [0.25, 0.3) is 0 Å². The molecule has 1 heterocycles. The molecular weight excluding hydrogens is 395 g/mol. The Bertz CT molecular complexity index is 1010. The summed E-state index contributed by atoms with van der Waals surface area (Å²) in [6, 6.07) is 3.74. The van der Waals surface area contributed by atoms with Crippen molar-refractivity contribution in [2.45, 2.75) is 49.3 Å². The summed E-state index contributed by atoms with van der Waals surface area (Å²) in [7, 11) is -4.10. The van der Waals surface area contributed by atoms with E-state index in [4.69, 9.17) is 5.14 Å². The van der Waals surface area contributed by atoms with Crippen LogP contribution in [0, 0.1) is 0 Å². The van der Waals surface area contributed by atoms with E-state index in [2.05, 4.69) is 5.10 Å². The zero-order valence-corrected chi connectivity index (χ0v) is 15.8. The van der Waals surface area contributed by atoms with Crippen molar-refractivity contribution in [3.05, 3.63) is 53.4 Å². The number of nitrogens with two attached hydrogens (primary N) is 1. The molecule has 0 amide bonds. The third-order valence-corrected chi connectivity index (χ3v) is 5.66. The lowest BCUT2D eigenvalue weighted by Crippen LogP contribution is -2.16. The van der Waals surface area contributed by atoms with Crippen LogP contribution >= 0.6 is 0 Å². The van der Waals surface area contributed by atoms with Gasteiger partial charge in [0.15, 0.2) is 5.69 Å². The third-order valence-electron chi connectivity index (χ3n) is 4.68. The Morgan fingerprint density at radius 1 is 1.36 bits per heavy atom. The van der Waals surface area contributed by atoms with Gasteiger partial charge >= 0.3 is 6.18 Å². The molecule has 0 aliphatic heterocycles. The van der Waals surface area contributed by atoms with Crippen molar-refractivity contribution in [2.24, 2.45) is 5.14 Å². The summed E-state index contributed by atoms with van der Waals surface area (Å²) in [6.45, 7) is 1.34. The highest BCUT2D eigenvalue weighted by molar-refractivity contribution is 7.89. The van der Waals surface area contributed by atoms with Gasteiger partial charge in [0.05, 0.1) is 16.7 Å². The number of hydrogen-bond acceptors (Lipinski definition) is 4. The van der Waals surface area contributed by atoms with E-state index >= 15 is 0 Å². The average Bonchev–Trinajstić information content (AvgIpc) is 3.07. The second-order valence-corrected chi connectivity index (χ2v) is 8.31. The van der Waals surface area contributed by atoms with Gasteiger partial charge in [0, 0.05) is 23.2 Å². The van der Waals surface area contributed by atoms with Gasteiger partial charge in [-0.25, -0.2) is 18.2 Å². The average molecular weight is 415 g/mol. The second kappa shape index (κ2) is 7.34. The van der Waals surface area contributed by atoms with E-state index in [-0.39, 0.29) is 27.6 Å². The number of sulfonamides is 1. The maximum absolute atomic E-state index is 13.5. The Morgan fingerprint density at radius 3 is 2.61 bits per heavy atom. The summed E-state index contributed by atoms with van der Waals surface area (Å²) in [4.78, 5) is -0.287. The van der Waals surface area contributed by atoms with Gasteiger partial charge in [-0.2, -0.15) is 18.3 Å². The summed E-state index contributed by atoms with van der Waals surface area (Å²) < 4.78 is 65.0. The molecule has 0 saturated heterocycles. The molecule has 3 rings (SSSR count). The molecule has 1 aliphatic carbocycles. The number of hydrogen-bond donors (Lipinski definition) is 2. The predicted octanol–water partition coefficient (Wildman–Crippen LogP) is 3.42. The van der Waals surface area contributed by atoms with E-state index in [1.165, 1.54) is 25.3 Å². The smallest absolute Gasteiger partial charge is 0.389 e. The van der Waals surface area contributed by atoms with E-state index in [1.807, 2.05) is 6.08 Å². The lowest BCUT2D eigenvalue weighted by atomic mass is 9.89. The fraction of sp³-hybridized carbons (Fsp3) is 0.389. The van der Waals surface area contributed by atoms with Gasteiger partial charge in [0.1, 0.15) is 0 Å². The minimum atomic E-state index is -4.63. The van der Waals surface area contributed by atoms with Gasteiger partial charge in [0.2, 0.25) is 10.0 Å². The summed E-state index contributed by atoms with van der Waals surface area (Å²) in [5.74, 6) is -0.390. The Morgan fingerprint density at radius 2 is 2.07 bits per heavy atom.